The standard InChI is InChI=1S/C23H25BrClN3O2/c1-15-13-20(9-10-21(15)25)30-14-18-5-7-19(8-6-18)23(29)26-11-4-12-28-17(3)22(24)16(2)27-28/h5-10,13H,4,11-12,14H2,1-3H3,(H,26,29). The number of hydrogen-bond donors (Lipinski definition) is 1. The van der Waals surface area contributed by atoms with E-state index in [1.807, 2.05) is 67.9 Å². The maximum atomic E-state index is 12.4. The Hall–Kier alpha value is -2.31. The van der Waals surface area contributed by atoms with Crippen molar-refractivity contribution >= 4 is 33.4 Å². The largest absolute Gasteiger partial charge is 0.489 e. The van der Waals surface area contributed by atoms with Crippen LogP contribution in [0.3, 0.4) is 0 Å². The normalized spacial score (nSPS) is 10.8. The minimum absolute atomic E-state index is 0.0784. The highest BCUT2D eigenvalue weighted by Gasteiger charge is 2.09. The Morgan fingerprint density at radius 3 is 2.53 bits per heavy atom. The molecular formula is C23H25BrClN3O2. The molecule has 0 fully saturated rings. The minimum Gasteiger partial charge on any atom is -0.489 e. The maximum Gasteiger partial charge on any atom is 0.251 e. The molecule has 1 amide bonds. The zero-order valence-electron chi connectivity index (χ0n) is 17.3. The number of carbonyl (C=O) groups excluding carboxylic acids is 1. The van der Waals surface area contributed by atoms with E-state index in [2.05, 4.69) is 26.3 Å². The number of aromatic nitrogens is 2. The van der Waals surface area contributed by atoms with Crippen molar-refractivity contribution in [3.63, 3.8) is 0 Å². The van der Waals surface area contributed by atoms with Crippen LogP contribution >= 0.6 is 27.5 Å². The second kappa shape index (κ2) is 10.1. The van der Waals surface area contributed by atoms with Gasteiger partial charge in [-0.05, 0) is 84.6 Å². The van der Waals surface area contributed by atoms with Crippen molar-refractivity contribution in [2.75, 3.05) is 6.54 Å². The molecule has 0 spiro atoms. The summed E-state index contributed by atoms with van der Waals surface area (Å²) >= 11 is 9.57. The fraction of sp³-hybridized carbons (Fsp3) is 0.304. The van der Waals surface area contributed by atoms with Gasteiger partial charge in [0.25, 0.3) is 5.91 Å². The summed E-state index contributed by atoms with van der Waals surface area (Å²) in [4.78, 5) is 12.4. The van der Waals surface area contributed by atoms with Crippen molar-refractivity contribution in [2.24, 2.45) is 0 Å². The van der Waals surface area contributed by atoms with E-state index in [0.717, 1.165) is 50.7 Å². The molecule has 0 unspecified atom stereocenters. The molecule has 0 radical (unpaired) electrons. The lowest BCUT2D eigenvalue weighted by Crippen LogP contribution is -2.25. The Balaban J connectivity index is 1.45. The molecule has 2 aromatic carbocycles. The summed E-state index contributed by atoms with van der Waals surface area (Å²) in [5.41, 5.74) is 4.69. The molecule has 1 N–H and O–H groups in total. The maximum absolute atomic E-state index is 12.4. The molecule has 0 aliphatic heterocycles. The highest BCUT2D eigenvalue weighted by atomic mass is 79.9. The van der Waals surface area contributed by atoms with Gasteiger partial charge in [-0.3, -0.25) is 9.48 Å². The molecule has 0 bridgehead atoms. The van der Waals surface area contributed by atoms with Gasteiger partial charge in [-0.1, -0.05) is 23.7 Å². The second-order valence-corrected chi connectivity index (χ2v) is 8.41. The Kier molecular flexibility index (Phi) is 7.56. The van der Waals surface area contributed by atoms with Gasteiger partial charge in [0.15, 0.2) is 0 Å². The number of nitrogens with one attached hydrogen (secondary N) is 1. The van der Waals surface area contributed by atoms with E-state index in [9.17, 15) is 4.79 Å². The molecule has 0 aliphatic carbocycles. The van der Waals surface area contributed by atoms with E-state index in [1.54, 1.807) is 0 Å². The van der Waals surface area contributed by atoms with Crippen LogP contribution in [0, 0.1) is 20.8 Å². The van der Waals surface area contributed by atoms with Gasteiger partial charge in [-0.25, -0.2) is 0 Å². The number of rotatable bonds is 8. The first-order valence-corrected chi connectivity index (χ1v) is 11.0. The van der Waals surface area contributed by atoms with Gasteiger partial charge in [0, 0.05) is 29.4 Å². The molecule has 3 aromatic rings. The molecule has 1 aromatic heterocycles. The van der Waals surface area contributed by atoms with Crippen LogP contribution in [0.15, 0.2) is 46.9 Å². The van der Waals surface area contributed by atoms with Gasteiger partial charge in [-0.15, -0.1) is 0 Å². The second-order valence-electron chi connectivity index (χ2n) is 7.21. The van der Waals surface area contributed by atoms with Crippen LogP contribution in [-0.4, -0.2) is 22.2 Å². The van der Waals surface area contributed by atoms with Crippen LogP contribution in [0.5, 0.6) is 5.75 Å². The van der Waals surface area contributed by atoms with Crippen LogP contribution < -0.4 is 10.1 Å². The van der Waals surface area contributed by atoms with Gasteiger partial charge >= 0.3 is 0 Å². The average Bonchev–Trinajstić information content (AvgIpc) is 2.99. The fourth-order valence-electron chi connectivity index (χ4n) is 3.05. The molecule has 3 rings (SSSR count). The summed E-state index contributed by atoms with van der Waals surface area (Å²) in [6, 6.07) is 13.0. The number of benzene rings is 2. The predicted molar refractivity (Wildman–Crippen MR) is 123 cm³/mol. The Morgan fingerprint density at radius 2 is 1.90 bits per heavy atom. The number of aryl methyl sites for hydroxylation is 3. The first kappa shape index (κ1) is 22.4. The van der Waals surface area contributed by atoms with Gasteiger partial charge in [0.2, 0.25) is 0 Å². The van der Waals surface area contributed by atoms with Crippen molar-refractivity contribution in [2.45, 2.75) is 40.3 Å². The number of carbonyl (C=O) groups is 1. The average molecular weight is 491 g/mol. The van der Waals surface area contributed by atoms with Gasteiger partial charge in [0.05, 0.1) is 10.2 Å². The topological polar surface area (TPSA) is 56.1 Å². The van der Waals surface area contributed by atoms with Crippen molar-refractivity contribution < 1.29 is 9.53 Å². The molecule has 0 saturated carbocycles. The van der Waals surface area contributed by atoms with Crippen LogP contribution in [0.2, 0.25) is 5.02 Å². The molecule has 7 heteroatoms. The zero-order chi connectivity index (χ0) is 21.7. The lowest BCUT2D eigenvalue weighted by molar-refractivity contribution is 0.0952. The molecule has 158 valence electrons. The fourth-order valence-corrected chi connectivity index (χ4v) is 3.45. The van der Waals surface area contributed by atoms with E-state index in [-0.39, 0.29) is 5.91 Å². The lowest BCUT2D eigenvalue weighted by Gasteiger charge is -2.09. The van der Waals surface area contributed by atoms with E-state index in [1.165, 1.54) is 0 Å². The van der Waals surface area contributed by atoms with Crippen LogP contribution in [0.4, 0.5) is 0 Å². The molecule has 5 nitrogen and oxygen atoms in total. The van der Waals surface area contributed by atoms with Gasteiger partial charge in [0.1, 0.15) is 12.4 Å². The molecular weight excluding hydrogens is 466 g/mol. The first-order valence-electron chi connectivity index (χ1n) is 9.80. The quantitative estimate of drug-likeness (QED) is 0.417. The SMILES string of the molecule is Cc1cc(OCc2ccc(C(=O)NCCCn3nc(C)c(Br)c3C)cc2)ccc1Cl. The van der Waals surface area contributed by atoms with E-state index in [4.69, 9.17) is 16.3 Å². The summed E-state index contributed by atoms with van der Waals surface area (Å²) in [5, 5.41) is 8.17. The number of amides is 1. The van der Waals surface area contributed by atoms with Crippen molar-refractivity contribution in [1.82, 2.24) is 15.1 Å². The first-order chi connectivity index (χ1) is 14.3. The summed E-state index contributed by atoms with van der Waals surface area (Å²) in [7, 11) is 0. The molecule has 1 heterocycles. The summed E-state index contributed by atoms with van der Waals surface area (Å²) in [6.07, 6.45) is 0.812. The monoisotopic (exact) mass is 489 g/mol. The zero-order valence-corrected chi connectivity index (χ0v) is 19.7. The Labute approximate surface area is 190 Å². The van der Waals surface area contributed by atoms with Gasteiger partial charge < -0.3 is 10.1 Å². The van der Waals surface area contributed by atoms with E-state index < -0.39 is 0 Å². The van der Waals surface area contributed by atoms with Crippen molar-refractivity contribution in [1.29, 1.82) is 0 Å². The molecule has 30 heavy (non-hydrogen) atoms. The Morgan fingerprint density at radius 1 is 1.17 bits per heavy atom. The third-order valence-electron chi connectivity index (χ3n) is 4.88. The van der Waals surface area contributed by atoms with Crippen molar-refractivity contribution in [3.8, 4) is 5.75 Å². The third kappa shape index (κ3) is 5.64. The van der Waals surface area contributed by atoms with Crippen molar-refractivity contribution in [3.05, 3.63) is 80.0 Å². The summed E-state index contributed by atoms with van der Waals surface area (Å²) in [5.74, 6) is 0.693. The molecule has 0 aliphatic rings. The van der Waals surface area contributed by atoms with Crippen LogP contribution in [0.25, 0.3) is 0 Å². The van der Waals surface area contributed by atoms with Crippen LogP contribution in [-0.2, 0) is 13.2 Å². The lowest BCUT2D eigenvalue weighted by atomic mass is 10.1. The minimum atomic E-state index is -0.0784. The number of halogens is 2. The Bertz CT molecular complexity index is 1030. The van der Waals surface area contributed by atoms with E-state index in [0.29, 0.717) is 18.7 Å². The van der Waals surface area contributed by atoms with E-state index >= 15 is 0 Å². The summed E-state index contributed by atoms with van der Waals surface area (Å²) < 4.78 is 8.80. The highest BCUT2D eigenvalue weighted by molar-refractivity contribution is 9.10. The number of hydrogen-bond acceptors (Lipinski definition) is 3. The van der Waals surface area contributed by atoms with Gasteiger partial charge in [-0.2, -0.15) is 5.10 Å². The number of nitrogens with zero attached hydrogens (tertiary/aromatic N) is 2. The number of ether oxygens (including phenoxy) is 1. The molecule has 0 saturated heterocycles. The predicted octanol–water partition coefficient (Wildman–Crippen LogP) is 5.62. The summed E-state index contributed by atoms with van der Waals surface area (Å²) in [6.45, 7) is 7.73. The smallest absolute Gasteiger partial charge is 0.251 e. The third-order valence-corrected chi connectivity index (χ3v) is 6.45. The van der Waals surface area contributed by atoms with Crippen LogP contribution in [0.1, 0.15) is 39.3 Å². The molecule has 0 atom stereocenters. The highest BCUT2D eigenvalue weighted by Crippen LogP contribution is 2.22.